The molecule has 40 heavy (non-hydrogen) atoms. The van der Waals surface area contributed by atoms with Gasteiger partial charge in [0.05, 0.1) is 17.9 Å². The Morgan fingerprint density at radius 1 is 0.650 bits per heavy atom. The van der Waals surface area contributed by atoms with E-state index in [0.717, 1.165) is 0 Å². The van der Waals surface area contributed by atoms with Crippen molar-refractivity contribution in [2.24, 2.45) is 0 Å². The zero-order valence-electron chi connectivity index (χ0n) is 20.0. The lowest BCUT2D eigenvalue weighted by Crippen LogP contribution is -2.56. The van der Waals surface area contributed by atoms with E-state index in [4.69, 9.17) is 10.2 Å². The second-order valence-corrected chi connectivity index (χ2v) is 7.31. The molecule has 2 aliphatic heterocycles. The first kappa shape index (κ1) is 32.4. The molecule has 2 heterocycles. The summed E-state index contributed by atoms with van der Waals surface area (Å²) in [5, 5.41) is 22.0. The van der Waals surface area contributed by atoms with Crippen LogP contribution in [0.25, 0.3) is 10.8 Å². The molecule has 1 atom stereocenters. The maximum atomic E-state index is 11.0. The lowest BCUT2D eigenvalue weighted by Gasteiger charge is -2.07. The summed E-state index contributed by atoms with van der Waals surface area (Å²) in [5.74, 6) is -4.60. The first-order valence-corrected chi connectivity index (χ1v) is 10.5. The van der Waals surface area contributed by atoms with Crippen molar-refractivity contribution in [1.82, 2.24) is 10.6 Å². The number of rotatable bonds is 2. The predicted molar refractivity (Wildman–Crippen MR) is 134 cm³/mol. The average Bonchev–Trinajstić information content (AvgIpc) is 3.35. The number of urea groups is 1. The molecule has 208 valence electrons. The molecule has 0 radical (unpaired) electrons. The Hall–Kier alpha value is -5.58. The quantitative estimate of drug-likeness (QED) is 0.150. The number of carbonyl (C=O) groups excluding carboxylic acids is 7. The normalized spacial score (nSPS) is 13.8. The van der Waals surface area contributed by atoms with Crippen LogP contribution in [0.4, 0.5) is 10.5 Å². The number of anilines is 1. The van der Waals surface area contributed by atoms with Crippen molar-refractivity contribution in [3.63, 3.8) is 0 Å². The van der Waals surface area contributed by atoms with Crippen LogP contribution in [0.2, 0.25) is 0 Å². The molecule has 5 rings (SSSR count). The van der Waals surface area contributed by atoms with Crippen LogP contribution < -0.4 is 32.2 Å². The molecule has 1 unspecified atom stereocenters. The van der Waals surface area contributed by atoms with Gasteiger partial charge in [-0.1, -0.05) is 36.4 Å². The first-order valence-electron chi connectivity index (χ1n) is 10.5. The van der Waals surface area contributed by atoms with Crippen molar-refractivity contribution in [2.45, 2.75) is 6.10 Å². The second-order valence-electron chi connectivity index (χ2n) is 7.31. The van der Waals surface area contributed by atoms with E-state index in [-0.39, 0.29) is 22.5 Å². The zero-order valence-corrected chi connectivity index (χ0v) is 20.0. The Labute approximate surface area is 221 Å². The fourth-order valence-corrected chi connectivity index (χ4v) is 2.82. The number of aliphatic hydroxyl groups is 2. The summed E-state index contributed by atoms with van der Waals surface area (Å²) in [6.45, 7) is -0.483. The highest BCUT2D eigenvalue weighted by molar-refractivity contribution is 6.66. The van der Waals surface area contributed by atoms with Gasteiger partial charge in [-0.2, -0.15) is 0 Å². The third kappa shape index (κ3) is 7.71. The number of fused-ring (bicyclic) bond motifs is 2. The lowest BCUT2D eigenvalue weighted by molar-refractivity contribution is -0.146. The summed E-state index contributed by atoms with van der Waals surface area (Å²) in [6.07, 6.45) is -0.912. The number of amides is 5. The highest BCUT2D eigenvalue weighted by Gasteiger charge is 2.31. The predicted octanol–water partition coefficient (Wildman–Crippen LogP) is -3.75. The van der Waals surface area contributed by atoms with Crippen molar-refractivity contribution in [1.29, 1.82) is 0 Å². The van der Waals surface area contributed by atoms with Crippen molar-refractivity contribution < 1.29 is 49.3 Å². The molecular formula is C24H19N3O13. The Bertz CT molecular complexity index is 1570. The number of carbonyl (C=O) groups is 7. The maximum Gasteiger partial charge on any atom is 0.328 e. The van der Waals surface area contributed by atoms with Crippen LogP contribution in [-0.2, 0) is 24.0 Å². The monoisotopic (exact) mass is 557 g/mol. The first-order chi connectivity index (χ1) is 18.4. The van der Waals surface area contributed by atoms with Gasteiger partial charge in [0, 0.05) is 10.8 Å². The van der Waals surface area contributed by atoms with E-state index in [9.17, 15) is 47.9 Å². The number of ketones is 2. The van der Waals surface area contributed by atoms with Gasteiger partial charge in [-0.05, 0) is 12.1 Å². The van der Waals surface area contributed by atoms with Gasteiger partial charge in [0.2, 0.25) is 10.9 Å². The molecule has 2 aliphatic rings. The number of para-hydroxylation sites is 1. The largest absolute Gasteiger partial charge is 0.412 e. The molecule has 1 saturated heterocycles. The van der Waals surface area contributed by atoms with Crippen LogP contribution in [0.1, 0.15) is 10.4 Å². The molecule has 0 bridgehead atoms. The van der Waals surface area contributed by atoms with Crippen molar-refractivity contribution in [3.8, 4) is 0 Å². The molecule has 7 N–H and O–H groups in total. The lowest BCUT2D eigenvalue weighted by atomic mass is 10.1. The Morgan fingerprint density at radius 3 is 1.52 bits per heavy atom. The van der Waals surface area contributed by atoms with E-state index >= 15 is 0 Å². The van der Waals surface area contributed by atoms with E-state index in [0.29, 0.717) is 11.3 Å². The van der Waals surface area contributed by atoms with Gasteiger partial charge < -0.3 is 25.8 Å². The number of Topliss-reactive ketones (excluding diaryl/α,β-unsaturated/α-hetero) is 2. The van der Waals surface area contributed by atoms with Crippen LogP contribution in [0, 0.1) is 0 Å². The number of aldehydes is 1. The molecule has 0 saturated carbocycles. The van der Waals surface area contributed by atoms with Crippen LogP contribution in [0.3, 0.4) is 0 Å². The van der Waals surface area contributed by atoms with Gasteiger partial charge in [-0.15, -0.1) is 0 Å². The average molecular weight is 557 g/mol. The van der Waals surface area contributed by atoms with Crippen molar-refractivity contribution in [2.75, 3.05) is 11.9 Å². The molecular weight excluding hydrogens is 538 g/mol. The third-order valence-corrected chi connectivity index (χ3v) is 4.67. The maximum absolute atomic E-state index is 11.0. The number of aliphatic hydroxyl groups excluding tert-OH is 2. The molecule has 0 aromatic heterocycles. The zero-order chi connectivity index (χ0) is 29.3. The number of barbiturate groups is 1. The second kappa shape index (κ2) is 14.4. The Kier molecular flexibility index (Phi) is 11.7. The molecule has 16 nitrogen and oxygen atoms in total. The number of benzene rings is 2. The van der Waals surface area contributed by atoms with Crippen LogP contribution in [-0.4, -0.2) is 70.0 Å². The highest BCUT2D eigenvalue weighted by atomic mass is 16.3. The summed E-state index contributed by atoms with van der Waals surface area (Å²) < 4.78 is 0. The molecule has 3 aromatic carbocycles. The van der Waals surface area contributed by atoms with Crippen molar-refractivity contribution in [3.05, 3.63) is 84.8 Å². The minimum atomic E-state index is -1.25. The van der Waals surface area contributed by atoms with E-state index in [1.54, 1.807) is 47.0 Å². The summed E-state index contributed by atoms with van der Waals surface area (Å²) in [5.41, 5.74) is -1.21. The molecule has 3 aromatic rings. The Morgan fingerprint density at radius 2 is 1.10 bits per heavy atom. The minimum absolute atomic E-state index is 0. The van der Waals surface area contributed by atoms with E-state index in [1.807, 2.05) is 0 Å². The van der Waals surface area contributed by atoms with Gasteiger partial charge >= 0.3 is 23.6 Å². The summed E-state index contributed by atoms with van der Waals surface area (Å²) in [6, 6.07) is 12.1. The molecule has 5 amide bonds. The van der Waals surface area contributed by atoms with Gasteiger partial charge in [-0.25, -0.2) is 4.79 Å². The van der Waals surface area contributed by atoms with Gasteiger partial charge in [0.25, 0.3) is 17.1 Å². The smallest absolute Gasteiger partial charge is 0.328 e. The summed E-state index contributed by atoms with van der Waals surface area (Å²) in [4.78, 5) is 105. The molecule has 1 fully saturated rings. The van der Waals surface area contributed by atoms with Crippen LogP contribution in [0.15, 0.2) is 62.9 Å². The van der Waals surface area contributed by atoms with Gasteiger partial charge in [-0.3, -0.25) is 49.0 Å². The SMILES string of the molecule is O.O=C1NC(=O)C(=O)C(=O)N1.O=C1Nc2ccccc2C1=O.O=CC(O)CO.O=c1c(=O)c2ccccc2c1=O. The highest BCUT2D eigenvalue weighted by Crippen LogP contribution is 2.21. The molecule has 16 heteroatoms. The van der Waals surface area contributed by atoms with Gasteiger partial charge in [0.1, 0.15) is 6.10 Å². The Balaban J connectivity index is 0.000000272. The standard InChI is InChI=1S/C9H4O3.C8H5NO2.C4H2N2O4.C3H6O3.H2O/c10-7-5-3-1-2-4-6(5)8(11)9(7)12;10-7-5-3-1-2-4-6(5)9-8(7)11;7-1-2(8)5-4(10)6-3(1)9;4-1-3(6)2-5;/h1-4H;1-4H,(H,9,10,11);(H2,5,6,8,9,10);1,3,5-6H,2H2;1H2. The van der Waals surface area contributed by atoms with E-state index < -0.39 is 64.3 Å². The third-order valence-electron chi connectivity index (χ3n) is 4.67. The summed E-state index contributed by atoms with van der Waals surface area (Å²) >= 11 is 0. The summed E-state index contributed by atoms with van der Waals surface area (Å²) in [7, 11) is 0. The number of nitrogens with one attached hydrogen (secondary N) is 3. The number of hydrogen-bond acceptors (Lipinski definition) is 12. The van der Waals surface area contributed by atoms with E-state index in [1.165, 1.54) is 12.1 Å². The fraction of sp³-hybridized carbons (Fsp3) is 0.0833. The van der Waals surface area contributed by atoms with E-state index in [2.05, 4.69) is 5.32 Å². The number of hydrogen-bond donors (Lipinski definition) is 5. The number of imide groups is 2. The topological polar surface area (TPSA) is 279 Å². The van der Waals surface area contributed by atoms with Crippen molar-refractivity contribution >= 4 is 58.1 Å². The minimum Gasteiger partial charge on any atom is -0.412 e. The van der Waals surface area contributed by atoms with Crippen LogP contribution in [0.5, 0.6) is 0 Å². The van der Waals surface area contributed by atoms with Gasteiger partial charge in [0.15, 0.2) is 6.29 Å². The molecule has 0 spiro atoms. The molecule has 0 aliphatic carbocycles. The fourth-order valence-electron chi connectivity index (χ4n) is 2.82. The van der Waals surface area contributed by atoms with Crippen LogP contribution >= 0.6 is 0 Å².